The van der Waals surface area contributed by atoms with Crippen molar-refractivity contribution in [3.8, 4) is 33.6 Å². The van der Waals surface area contributed by atoms with Crippen LogP contribution in [0.25, 0.3) is 98.8 Å². The minimum atomic E-state index is 0.824. The summed E-state index contributed by atoms with van der Waals surface area (Å²) in [5, 5.41) is 10.5. The van der Waals surface area contributed by atoms with Crippen LogP contribution in [-0.4, -0.2) is 0 Å². The highest BCUT2D eigenvalue weighted by Gasteiger charge is 2.23. The first-order valence-electron chi connectivity index (χ1n) is 15.7. The van der Waals surface area contributed by atoms with Crippen LogP contribution in [0.15, 0.2) is 167 Å². The molecule has 0 aliphatic rings. The van der Waals surface area contributed by atoms with E-state index in [1.807, 2.05) is 18.2 Å². The standard InChI is InChI=1S/C44H26O2/c1-2-13-28(14-3-1)39-26-37-36(25-40-43(44(37)46-39)35-20-10-11-21-38(35)45-40)42-33-18-8-6-16-31(33)41(32-17-7-9-19-34(32)42)30-23-22-27-12-4-5-15-29(27)24-30/h1-26H. The number of para-hydroxylation sites is 1. The summed E-state index contributed by atoms with van der Waals surface area (Å²) >= 11 is 0. The minimum Gasteiger partial charge on any atom is -0.456 e. The number of rotatable bonds is 3. The molecule has 214 valence electrons. The van der Waals surface area contributed by atoms with Crippen molar-refractivity contribution in [1.29, 1.82) is 0 Å². The smallest absolute Gasteiger partial charge is 0.147 e. The highest BCUT2D eigenvalue weighted by molar-refractivity contribution is 6.27. The van der Waals surface area contributed by atoms with E-state index in [4.69, 9.17) is 8.83 Å². The van der Waals surface area contributed by atoms with Gasteiger partial charge in [-0.3, -0.25) is 0 Å². The number of fused-ring (bicyclic) bond motifs is 8. The Morgan fingerprint density at radius 3 is 1.70 bits per heavy atom. The molecule has 0 aliphatic carbocycles. The Hall–Kier alpha value is -6.12. The molecule has 2 aromatic heterocycles. The number of benzene rings is 8. The molecule has 0 saturated heterocycles. The van der Waals surface area contributed by atoms with Gasteiger partial charge in [0.05, 0.1) is 5.39 Å². The van der Waals surface area contributed by atoms with Gasteiger partial charge in [0.25, 0.3) is 0 Å². The Balaban J connectivity index is 1.36. The van der Waals surface area contributed by atoms with Crippen molar-refractivity contribution in [3.63, 3.8) is 0 Å². The van der Waals surface area contributed by atoms with E-state index < -0.39 is 0 Å². The van der Waals surface area contributed by atoms with E-state index in [0.717, 1.165) is 49.8 Å². The van der Waals surface area contributed by atoms with E-state index in [1.54, 1.807) is 0 Å². The van der Waals surface area contributed by atoms with Crippen LogP contribution in [0.1, 0.15) is 0 Å². The van der Waals surface area contributed by atoms with Gasteiger partial charge in [0.2, 0.25) is 0 Å². The molecule has 46 heavy (non-hydrogen) atoms. The third-order valence-electron chi connectivity index (χ3n) is 9.44. The van der Waals surface area contributed by atoms with Crippen molar-refractivity contribution >= 4 is 65.2 Å². The van der Waals surface area contributed by atoms with Gasteiger partial charge in [0, 0.05) is 16.3 Å². The number of hydrogen-bond donors (Lipinski definition) is 0. The van der Waals surface area contributed by atoms with Gasteiger partial charge in [-0.25, -0.2) is 0 Å². The van der Waals surface area contributed by atoms with Crippen LogP contribution in [0, 0.1) is 0 Å². The maximum Gasteiger partial charge on any atom is 0.147 e. The molecule has 0 atom stereocenters. The van der Waals surface area contributed by atoms with Crippen molar-refractivity contribution in [3.05, 3.63) is 158 Å². The molecule has 0 bridgehead atoms. The fourth-order valence-corrected chi connectivity index (χ4v) is 7.41. The van der Waals surface area contributed by atoms with Crippen LogP contribution in [-0.2, 0) is 0 Å². The second-order valence-electron chi connectivity index (χ2n) is 12.0. The summed E-state index contributed by atoms with van der Waals surface area (Å²) in [6.07, 6.45) is 0. The Morgan fingerprint density at radius 2 is 0.957 bits per heavy atom. The van der Waals surface area contributed by atoms with E-state index in [1.165, 1.54) is 49.0 Å². The third-order valence-corrected chi connectivity index (χ3v) is 9.44. The van der Waals surface area contributed by atoms with Gasteiger partial charge in [-0.05, 0) is 78.8 Å². The predicted octanol–water partition coefficient (Wildman–Crippen LogP) is 12.8. The molecule has 0 fully saturated rings. The highest BCUT2D eigenvalue weighted by Crippen LogP contribution is 2.49. The Labute approximate surface area is 264 Å². The summed E-state index contributed by atoms with van der Waals surface area (Å²) in [5.41, 5.74) is 8.33. The normalized spacial score (nSPS) is 11.9. The molecule has 0 spiro atoms. The second kappa shape index (κ2) is 9.69. The molecule has 0 unspecified atom stereocenters. The lowest BCUT2D eigenvalue weighted by Crippen LogP contribution is -1.91. The minimum absolute atomic E-state index is 0.824. The van der Waals surface area contributed by atoms with Crippen LogP contribution in [0.5, 0.6) is 0 Å². The van der Waals surface area contributed by atoms with Gasteiger partial charge in [-0.15, -0.1) is 0 Å². The fourth-order valence-electron chi connectivity index (χ4n) is 7.41. The van der Waals surface area contributed by atoms with Gasteiger partial charge in [-0.2, -0.15) is 0 Å². The van der Waals surface area contributed by atoms with Crippen molar-refractivity contribution < 1.29 is 8.83 Å². The van der Waals surface area contributed by atoms with E-state index in [0.29, 0.717) is 0 Å². The van der Waals surface area contributed by atoms with E-state index in [-0.39, 0.29) is 0 Å². The zero-order valence-corrected chi connectivity index (χ0v) is 24.8. The molecule has 10 aromatic rings. The van der Waals surface area contributed by atoms with Crippen LogP contribution >= 0.6 is 0 Å². The zero-order valence-electron chi connectivity index (χ0n) is 24.8. The van der Waals surface area contributed by atoms with E-state index in [2.05, 4.69) is 140 Å². The van der Waals surface area contributed by atoms with Crippen LogP contribution < -0.4 is 0 Å². The van der Waals surface area contributed by atoms with Crippen LogP contribution in [0.3, 0.4) is 0 Å². The molecular formula is C44H26O2. The average Bonchev–Trinajstić information content (AvgIpc) is 3.72. The molecule has 0 N–H and O–H groups in total. The average molecular weight is 587 g/mol. The van der Waals surface area contributed by atoms with E-state index in [9.17, 15) is 0 Å². The first kappa shape index (κ1) is 25.2. The van der Waals surface area contributed by atoms with Crippen LogP contribution in [0.4, 0.5) is 0 Å². The van der Waals surface area contributed by atoms with Crippen molar-refractivity contribution in [2.24, 2.45) is 0 Å². The summed E-state index contributed by atoms with van der Waals surface area (Å²) in [5.74, 6) is 0.844. The molecule has 8 aromatic carbocycles. The molecule has 0 saturated carbocycles. The molecule has 0 aliphatic heterocycles. The lowest BCUT2D eigenvalue weighted by Gasteiger charge is -2.18. The molecular weight excluding hydrogens is 560 g/mol. The van der Waals surface area contributed by atoms with Gasteiger partial charge in [0.1, 0.15) is 22.5 Å². The monoisotopic (exact) mass is 586 g/mol. The topological polar surface area (TPSA) is 26.3 Å². The number of furan rings is 2. The molecule has 2 heterocycles. The van der Waals surface area contributed by atoms with Crippen molar-refractivity contribution in [1.82, 2.24) is 0 Å². The fraction of sp³-hybridized carbons (Fsp3) is 0. The summed E-state index contributed by atoms with van der Waals surface area (Å²) in [6.45, 7) is 0. The summed E-state index contributed by atoms with van der Waals surface area (Å²) < 4.78 is 13.3. The Bertz CT molecular complexity index is 2740. The molecule has 2 heteroatoms. The summed E-state index contributed by atoms with van der Waals surface area (Å²) in [7, 11) is 0. The summed E-state index contributed by atoms with van der Waals surface area (Å²) in [6, 6.07) is 56.0. The lowest BCUT2D eigenvalue weighted by atomic mass is 9.84. The zero-order chi connectivity index (χ0) is 30.2. The Kier molecular flexibility index (Phi) is 5.31. The third kappa shape index (κ3) is 3.65. The number of hydrogen-bond acceptors (Lipinski definition) is 2. The van der Waals surface area contributed by atoms with Gasteiger partial charge in [0.15, 0.2) is 0 Å². The molecule has 10 rings (SSSR count). The lowest BCUT2D eigenvalue weighted by molar-refractivity contribution is 0.633. The SMILES string of the molecule is c1ccc(-c2cc3c(-c4c5ccccc5c(-c5ccc6ccccc6c5)c5ccccc45)cc4oc5ccccc5c4c3o2)cc1. The maximum atomic E-state index is 6.79. The highest BCUT2D eigenvalue weighted by atomic mass is 16.3. The predicted molar refractivity (Wildman–Crippen MR) is 192 cm³/mol. The van der Waals surface area contributed by atoms with Crippen LogP contribution in [0.2, 0.25) is 0 Å². The molecule has 0 radical (unpaired) electrons. The van der Waals surface area contributed by atoms with Gasteiger partial charge in [-0.1, -0.05) is 133 Å². The molecule has 0 amide bonds. The molecule has 2 nitrogen and oxygen atoms in total. The van der Waals surface area contributed by atoms with Crippen molar-refractivity contribution in [2.45, 2.75) is 0 Å². The Morgan fingerprint density at radius 1 is 0.348 bits per heavy atom. The maximum absolute atomic E-state index is 6.79. The van der Waals surface area contributed by atoms with Gasteiger partial charge >= 0.3 is 0 Å². The van der Waals surface area contributed by atoms with Gasteiger partial charge < -0.3 is 8.83 Å². The first-order chi connectivity index (χ1) is 22.8. The van der Waals surface area contributed by atoms with E-state index >= 15 is 0 Å². The second-order valence-corrected chi connectivity index (χ2v) is 12.0. The quantitative estimate of drug-likeness (QED) is 0.193. The first-order valence-corrected chi connectivity index (χ1v) is 15.7. The largest absolute Gasteiger partial charge is 0.456 e. The summed E-state index contributed by atoms with van der Waals surface area (Å²) in [4.78, 5) is 0. The van der Waals surface area contributed by atoms with Crippen molar-refractivity contribution in [2.75, 3.05) is 0 Å².